The molecule has 0 aliphatic heterocycles. The maximum atomic E-state index is 11.1. The van der Waals surface area contributed by atoms with Crippen molar-refractivity contribution in [2.45, 2.75) is 5.56 Å². The summed E-state index contributed by atoms with van der Waals surface area (Å²) in [4.78, 5) is 0. The normalized spacial score (nSPS) is 14.1. The SMILES string of the molecule is [CH2]C(Cl)OCCF. The van der Waals surface area contributed by atoms with E-state index in [1.165, 1.54) is 0 Å². The largest absolute Gasteiger partial charge is 0.360 e. The van der Waals surface area contributed by atoms with Crippen LogP contribution in [-0.4, -0.2) is 18.8 Å². The van der Waals surface area contributed by atoms with Gasteiger partial charge in [0.05, 0.1) is 6.61 Å². The molecule has 0 saturated carbocycles. The van der Waals surface area contributed by atoms with Gasteiger partial charge in [-0.15, -0.1) is 0 Å². The summed E-state index contributed by atoms with van der Waals surface area (Å²) in [5.41, 5.74) is -0.615. The van der Waals surface area contributed by atoms with E-state index in [2.05, 4.69) is 11.7 Å². The van der Waals surface area contributed by atoms with Gasteiger partial charge in [-0.2, -0.15) is 0 Å². The van der Waals surface area contributed by atoms with E-state index in [-0.39, 0.29) is 6.61 Å². The molecule has 0 aromatic rings. The summed E-state index contributed by atoms with van der Waals surface area (Å²) in [5.74, 6) is 0. The van der Waals surface area contributed by atoms with Crippen molar-refractivity contribution in [2.75, 3.05) is 13.3 Å². The molecule has 1 nitrogen and oxygen atoms in total. The van der Waals surface area contributed by atoms with Crippen LogP contribution in [0.25, 0.3) is 0 Å². The van der Waals surface area contributed by atoms with Gasteiger partial charge in [0.25, 0.3) is 0 Å². The molecule has 0 aromatic heterocycles. The summed E-state index contributed by atoms with van der Waals surface area (Å²) >= 11 is 5.16. The van der Waals surface area contributed by atoms with Crippen LogP contribution in [0.3, 0.4) is 0 Å². The van der Waals surface area contributed by atoms with E-state index in [1.54, 1.807) is 0 Å². The number of hydrogen-bond acceptors (Lipinski definition) is 1. The Morgan fingerprint density at radius 1 is 1.86 bits per heavy atom. The smallest absolute Gasteiger partial charge is 0.131 e. The minimum atomic E-state index is -0.615. The van der Waals surface area contributed by atoms with E-state index in [0.717, 1.165) is 0 Å². The second-order valence-corrected chi connectivity index (χ2v) is 1.46. The van der Waals surface area contributed by atoms with Crippen LogP contribution in [0.5, 0.6) is 0 Å². The fourth-order valence-corrected chi connectivity index (χ4v) is 0.262. The molecular formula is C4H7ClFO. The average Bonchev–Trinajstić information content (AvgIpc) is 1.61. The predicted octanol–water partition coefficient (Wildman–Crippen LogP) is 1.37. The van der Waals surface area contributed by atoms with Gasteiger partial charge in [-0.05, 0) is 6.92 Å². The minimum Gasteiger partial charge on any atom is -0.360 e. The Morgan fingerprint density at radius 3 is 2.57 bits per heavy atom. The molecular weight excluding hydrogens is 118 g/mol. The fraction of sp³-hybridized carbons (Fsp3) is 0.750. The van der Waals surface area contributed by atoms with Gasteiger partial charge in [-0.3, -0.25) is 0 Å². The summed E-state index contributed by atoms with van der Waals surface area (Å²) in [6.45, 7) is 2.79. The zero-order valence-corrected chi connectivity index (χ0v) is 4.62. The Morgan fingerprint density at radius 2 is 2.43 bits per heavy atom. The molecule has 0 fully saturated rings. The molecule has 0 saturated heterocycles. The molecule has 0 N–H and O–H groups in total. The molecule has 0 heterocycles. The summed E-state index contributed by atoms with van der Waals surface area (Å²) in [6, 6.07) is 0. The van der Waals surface area contributed by atoms with E-state index in [9.17, 15) is 4.39 Å². The summed E-state index contributed by atoms with van der Waals surface area (Å²) < 4.78 is 15.6. The molecule has 0 spiro atoms. The van der Waals surface area contributed by atoms with Crippen molar-refractivity contribution in [3.63, 3.8) is 0 Å². The topological polar surface area (TPSA) is 9.23 Å². The summed E-state index contributed by atoms with van der Waals surface area (Å²) in [6.07, 6.45) is 0. The van der Waals surface area contributed by atoms with E-state index in [4.69, 9.17) is 11.6 Å². The molecule has 3 heteroatoms. The van der Waals surface area contributed by atoms with Gasteiger partial charge in [0.2, 0.25) is 0 Å². The van der Waals surface area contributed by atoms with Crippen molar-refractivity contribution >= 4 is 11.6 Å². The number of alkyl halides is 2. The number of ether oxygens (including phenoxy) is 1. The quantitative estimate of drug-likeness (QED) is 0.518. The Kier molecular flexibility index (Phi) is 4.45. The highest BCUT2D eigenvalue weighted by molar-refractivity contribution is 6.20. The van der Waals surface area contributed by atoms with Crippen molar-refractivity contribution in [1.29, 1.82) is 0 Å². The molecule has 0 amide bonds. The van der Waals surface area contributed by atoms with Gasteiger partial charge in [0.15, 0.2) is 0 Å². The van der Waals surface area contributed by atoms with Crippen LogP contribution in [0, 0.1) is 6.92 Å². The molecule has 7 heavy (non-hydrogen) atoms. The van der Waals surface area contributed by atoms with Crippen molar-refractivity contribution in [3.8, 4) is 0 Å². The van der Waals surface area contributed by atoms with Gasteiger partial charge < -0.3 is 4.74 Å². The molecule has 43 valence electrons. The monoisotopic (exact) mass is 125 g/mol. The molecule has 1 unspecified atom stereocenters. The van der Waals surface area contributed by atoms with Crippen LogP contribution in [0.4, 0.5) is 4.39 Å². The first-order valence-electron chi connectivity index (χ1n) is 1.92. The lowest BCUT2D eigenvalue weighted by Crippen LogP contribution is -2.01. The summed E-state index contributed by atoms with van der Waals surface area (Å²) in [7, 11) is 0. The first kappa shape index (κ1) is 7.18. The minimum absolute atomic E-state index is 0.0394. The Bertz CT molecular complexity index is 40.7. The lowest BCUT2D eigenvalue weighted by molar-refractivity contribution is 0.119. The highest BCUT2D eigenvalue weighted by Crippen LogP contribution is 1.92. The van der Waals surface area contributed by atoms with Crippen LogP contribution in [-0.2, 0) is 4.74 Å². The third kappa shape index (κ3) is 6.18. The van der Waals surface area contributed by atoms with E-state index in [1.807, 2.05) is 0 Å². The van der Waals surface area contributed by atoms with Crippen LogP contribution in [0.15, 0.2) is 0 Å². The van der Waals surface area contributed by atoms with Crippen LogP contribution in [0.1, 0.15) is 0 Å². The average molecular weight is 126 g/mol. The Balaban J connectivity index is 2.68. The lowest BCUT2D eigenvalue weighted by atomic mass is 10.8. The third-order valence-electron chi connectivity index (χ3n) is 0.376. The number of halogens is 2. The molecule has 1 radical (unpaired) electrons. The van der Waals surface area contributed by atoms with Gasteiger partial charge in [-0.1, -0.05) is 11.6 Å². The van der Waals surface area contributed by atoms with Crippen molar-refractivity contribution in [2.24, 2.45) is 0 Å². The summed E-state index contributed by atoms with van der Waals surface area (Å²) in [5, 5.41) is 0. The molecule has 0 aliphatic carbocycles. The van der Waals surface area contributed by atoms with Crippen molar-refractivity contribution < 1.29 is 9.13 Å². The standard InChI is InChI=1S/C4H7ClFO/c1-4(5)7-3-2-6/h4H,1-3H2. The van der Waals surface area contributed by atoms with Gasteiger partial charge in [0, 0.05) is 0 Å². The third-order valence-corrected chi connectivity index (χ3v) is 0.502. The van der Waals surface area contributed by atoms with Crippen molar-refractivity contribution in [3.05, 3.63) is 6.92 Å². The molecule has 0 aromatic carbocycles. The zero-order chi connectivity index (χ0) is 5.70. The van der Waals surface area contributed by atoms with Crippen LogP contribution >= 0.6 is 11.6 Å². The second-order valence-electron chi connectivity index (χ2n) is 0.970. The van der Waals surface area contributed by atoms with Crippen LogP contribution < -0.4 is 0 Å². The predicted molar refractivity (Wildman–Crippen MR) is 26.9 cm³/mol. The van der Waals surface area contributed by atoms with E-state index < -0.39 is 12.2 Å². The van der Waals surface area contributed by atoms with E-state index in [0.29, 0.717) is 0 Å². The second kappa shape index (κ2) is 4.34. The first-order chi connectivity index (χ1) is 3.27. The molecule has 0 aliphatic rings. The zero-order valence-electron chi connectivity index (χ0n) is 3.86. The van der Waals surface area contributed by atoms with E-state index >= 15 is 0 Å². The molecule has 1 atom stereocenters. The first-order valence-corrected chi connectivity index (χ1v) is 2.35. The highest BCUT2D eigenvalue weighted by atomic mass is 35.5. The highest BCUT2D eigenvalue weighted by Gasteiger charge is 1.91. The fourth-order valence-electron chi connectivity index (χ4n) is 0.172. The van der Waals surface area contributed by atoms with Crippen LogP contribution in [0.2, 0.25) is 0 Å². The number of hydrogen-bond donors (Lipinski definition) is 0. The molecule has 0 bridgehead atoms. The number of rotatable bonds is 3. The maximum absolute atomic E-state index is 11.1. The molecule has 0 rings (SSSR count). The lowest BCUT2D eigenvalue weighted by Gasteiger charge is -1.99. The maximum Gasteiger partial charge on any atom is 0.131 e. The van der Waals surface area contributed by atoms with Gasteiger partial charge in [0.1, 0.15) is 12.2 Å². The van der Waals surface area contributed by atoms with Gasteiger partial charge >= 0.3 is 0 Å². The van der Waals surface area contributed by atoms with Gasteiger partial charge in [-0.25, -0.2) is 4.39 Å². The van der Waals surface area contributed by atoms with Crippen molar-refractivity contribution in [1.82, 2.24) is 0 Å². The Labute approximate surface area is 47.4 Å². The Hall–Kier alpha value is 0.180.